The van der Waals surface area contributed by atoms with E-state index in [0.717, 1.165) is 55.2 Å². The van der Waals surface area contributed by atoms with Gasteiger partial charge >= 0.3 is 0 Å². The highest BCUT2D eigenvalue weighted by molar-refractivity contribution is 7.06. The Balaban J connectivity index is 1.15. The van der Waals surface area contributed by atoms with Crippen LogP contribution in [0.1, 0.15) is 80.8 Å². The van der Waals surface area contributed by atoms with E-state index in [4.69, 9.17) is 18.3 Å². The first-order valence-electron chi connectivity index (χ1n) is 22.4. The van der Waals surface area contributed by atoms with Gasteiger partial charge in [-0.1, -0.05) is 140 Å². The molecule has 4 nitrogen and oxygen atoms in total. The highest BCUT2D eigenvalue weighted by Crippen LogP contribution is 2.66. The van der Waals surface area contributed by atoms with Gasteiger partial charge < -0.3 is 18.3 Å². The molecule has 8 aromatic rings. The molecule has 0 spiro atoms. The zero-order valence-electron chi connectivity index (χ0n) is 35.6. The lowest BCUT2D eigenvalue weighted by molar-refractivity contribution is -0.0757. The number of hydrogen-bond acceptors (Lipinski definition) is 4. The van der Waals surface area contributed by atoms with Crippen LogP contribution in [0, 0.1) is 11.8 Å². The summed E-state index contributed by atoms with van der Waals surface area (Å²) in [5.41, 5.74) is 18.4. The molecular formula is C57H43BO4. The van der Waals surface area contributed by atoms with E-state index in [-0.39, 0.29) is 29.9 Å². The second-order valence-electron chi connectivity index (χ2n) is 20.6. The fourth-order valence-corrected chi connectivity index (χ4v) is 13.6. The fourth-order valence-electron chi connectivity index (χ4n) is 13.6. The van der Waals surface area contributed by atoms with Gasteiger partial charge in [0, 0.05) is 56.0 Å². The highest BCUT2D eigenvalue weighted by Gasteiger charge is 2.62. The van der Waals surface area contributed by atoms with Crippen molar-refractivity contribution in [3.05, 3.63) is 167 Å². The molecule has 5 heteroatoms. The lowest BCUT2D eigenvalue weighted by Crippen LogP contribution is -2.48. The lowest BCUT2D eigenvalue weighted by atomic mass is 9.26. The number of fused-ring (bicyclic) bond motifs is 20. The summed E-state index contributed by atoms with van der Waals surface area (Å²) in [6.07, 6.45) is 14.3. The average Bonchev–Trinajstić information content (AvgIpc) is 3.97. The topological polar surface area (TPSA) is 44.7 Å². The maximum absolute atomic E-state index is 7.56. The van der Waals surface area contributed by atoms with Crippen LogP contribution in [0.25, 0.3) is 77.1 Å². The quantitative estimate of drug-likeness (QED) is 0.143. The minimum Gasteiger partial charge on any atom is -0.481 e. The van der Waals surface area contributed by atoms with Gasteiger partial charge in [0.1, 0.15) is 39.3 Å². The van der Waals surface area contributed by atoms with Crippen molar-refractivity contribution in [2.24, 2.45) is 11.8 Å². The minimum absolute atomic E-state index is 0.0237. The third-order valence-corrected chi connectivity index (χ3v) is 16.3. The number of furan rings is 2. The number of rotatable bonds is 0. The zero-order chi connectivity index (χ0) is 41.4. The maximum atomic E-state index is 7.56. The summed E-state index contributed by atoms with van der Waals surface area (Å²) in [6, 6.07) is 35.7. The molecule has 0 N–H and O–H groups in total. The molecule has 4 aliphatic heterocycles. The number of benzene rings is 6. The molecule has 6 heterocycles. The van der Waals surface area contributed by atoms with Crippen LogP contribution < -0.4 is 10.2 Å². The van der Waals surface area contributed by atoms with E-state index in [2.05, 4.69) is 175 Å². The highest BCUT2D eigenvalue weighted by atomic mass is 16.5. The van der Waals surface area contributed by atoms with E-state index < -0.39 is 16.8 Å². The molecule has 6 unspecified atom stereocenters. The van der Waals surface area contributed by atoms with Crippen molar-refractivity contribution in [2.75, 3.05) is 0 Å². The molecular weight excluding hydrogens is 759 g/mol. The van der Waals surface area contributed by atoms with Gasteiger partial charge in [0.25, 0.3) is 0 Å². The van der Waals surface area contributed by atoms with E-state index in [1.54, 1.807) is 0 Å². The van der Waals surface area contributed by atoms with Gasteiger partial charge in [0.05, 0.1) is 5.60 Å². The van der Waals surface area contributed by atoms with Gasteiger partial charge in [0.15, 0.2) is 0 Å². The lowest BCUT2D eigenvalue weighted by Gasteiger charge is -2.47. The molecule has 7 aliphatic rings. The number of hydrogen-bond donors (Lipinski definition) is 0. The molecule has 1 saturated heterocycles. The van der Waals surface area contributed by atoms with Crippen molar-refractivity contribution >= 4 is 67.0 Å². The predicted octanol–water partition coefficient (Wildman–Crippen LogP) is 13.5. The molecule has 6 atom stereocenters. The first-order valence-corrected chi connectivity index (χ1v) is 22.4. The van der Waals surface area contributed by atoms with Gasteiger partial charge in [-0.15, -0.1) is 0 Å². The average molecular weight is 803 g/mol. The second-order valence-corrected chi connectivity index (χ2v) is 20.6. The van der Waals surface area contributed by atoms with Crippen molar-refractivity contribution in [2.45, 2.75) is 69.7 Å². The van der Waals surface area contributed by atoms with E-state index in [9.17, 15) is 0 Å². The Hall–Kier alpha value is -6.30. The van der Waals surface area contributed by atoms with Crippen LogP contribution in [0.4, 0.5) is 0 Å². The SMILES string of the molecule is CC(C)(C)c1cc2c3c(c1)-c1cc4c(oc5ccccc54)c4c1C(=CC1C5C=CC=CC5(C)OC41C)B3C1=CC3c4ccccc4OC3(C)c3c1c-2cc1c3oc2ccccc21. The normalized spacial score (nSPS) is 27.6. The molecule has 0 bridgehead atoms. The summed E-state index contributed by atoms with van der Waals surface area (Å²) in [5, 5.41) is 4.56. The van der Waals surface area contributed by atoms with Crippen molar-refractivity contribution in [3.63, 3.8) is 0 Å². The van der Waals surface area contributed by atoms with Crippen molar-refractivity contribution in [1.82, 2.24) is 0 Å². The molecule has 3 aliphatic carbocycles. The van der Waals surface area contributed by atoms with E-state index in [1.807, 2.05) is 0 Å². The first kappa shape index (κ1) is 34.3. The molecule has 0 radical (unpaired) electrons. The van der Waals surface area contributed by atoms with Crippen LogP contribution in [-0.2, 0) is 21.4 Å². The molecule has 6 aromatic carbocycles. The fraction of sp³-hybridized carbons (Fsp3) is 0.228. The summed E-state index contributed by atoms with van der Waals surface area (Å²) in [5.74, 6) is 1.13. The number of ether oxygens (including phenoxy) is 2. The molecule has 298 valence electrons. The summed E-state index contributed by atoms with van der Waals surface area (Å²) in [6.45, 7) is 13.9. The molecule has 1 fully saturated rings. The van der Waals surface area contributed by atoms with Crippen molar-refractivity contribution in [1.29, 1.82) is 0 Å². The van der Waals surface area contributed by atoms with Gasteiger partial charge in [-0.2, -0.15) is 0 Å². The van der Waals surface area contributed by atoms with Crippen molar-refractivity contribution in [3.8, 4) is 28.0 Å². The first-order chi connectivity index (χ1) is 29.9. The Morgan fingerprint density at radius 1 is 0.597 bits per heavy atom. The van der Waals surface area contributed by atoms with E-state index >= 15 is 0 Å². The van der Waals surface area contributed by atoms with Gasteiger partial charge in [-0.25, -0.2) is 0 Å². The molecule has 15 rings (SSSR count). The van der Waals surface area contributed by atoms with Crippen LogP contribution >= 0.6 is 0 Å². The Labute approximate surface area is 360 Å². The molecule has 0 saturated carbocycles. The Kier molecular flexibility index (Phi) is 5.89. The number of allylic oxidation sites excluding steroid dienone is 2. The summed E-state index contributed by atoms with van der Waals surface area (Å²) >= 11 is 0. The van der Waals surface area contributed by atoms with Gasteiger partial charge in [-0.3, -0.25) is 0 Å². The van der Waals surface area contributed by atoms with Crippen LogP contribution in [0.5, 0.6) is 5.75 Å². The summed E-state index contributed by atoms with van der Waals surface area (Å²) in [7, 11) is 0. The number of para-hydroxylation sites is 3. The van der Waals surface area contributed by atoms with E-state index in [0.29, 0.717) is 0 Å². The minimum atomic E-state index is -0.690. The Morgan fingerprint density at radius 2 is 1.19 bits per heavy atom. The predicted molar refractivity (Wildman–Crippen MR) is 251 cm³/mol. The Bertz CT molecular complexity index is 3600. The third kappa shape index (κ3) is 3.82. The summed E-state index contributed by atoms with van der Waals surface area (Å²) in [4.78, 5) is 0. The molecule has 2 aromatic heterocycles. The molecule has 0 amide bonds. The largest absolute Gasteiger partial charge is 0.481 e. The van der Waals surface area contributed by atoms with Gasteiger partial charge in [-0.05, 0) is 95.5 Å². The molecule has 62 heavy (non-hydrogen) atoms. The van der Waals surface area contributed by atoms with Crippen LogP contribution in [0.2, 0.25) is 0 Å². The third-order valence-electron chi connectivity index (χ3n) is 16.3. The van der Waals surface area contributed by atoms with Gasteiger partial charge in [0.2, 0.25) is 6.71 Å². The van der Waals surface area contributed by atoms with Crippen LogP contribution in [-0.4, -0.2) is 12.3 Å². The van der Waals surface area contributed by atoms with E-state index in [1.165, 1.54) is 66.5 Å². The second kappa shape index (κ2) is 10.7. The standard InChI is InChI=1S/C57H43BO4/c1-54(2,3)29-23-35-33-25-37-30-15-7-10-19-44(30)59-52(37)49-47(33)42(27-40-32-17-9-12-21-46(32)61-56(40,49)5)58-43-28-41-39-18-13-14-22-55(39,4)62-57(41,6)50-48(43)34(36(24-29)51(35)58)26-38-31-16-8-11-20-45(31)60-53(38)50/h7-28,39-41H,1-6H3. The zero-order valence-corrected chi connectivity index (χ0v) is 35.6. The maximum Gasteiger partial charge on any atom is 0.243 e. The summed E-state index contributed by atoms with van der Waals surface area (Å²) < 4.78 is 29.0. The monoisotopic (exact) mass is 802 g/mol. The smallest absolute Gasteiger partial charge is 0.243 e. The Morgan fingerprint density at radius 3 is 1.85 bits per heavy atom. The van der Waals surface area contributed by atoms with Crippen LogP contribution in [0.15, 0.2) is 142 Å². The van der Waals surface area contributed by atoms with Crippen LogP contribution in [0.3, 0.4) is 0 Å². The van der Waals surface area contributed by atoms with Crippen molar-refractivity contribution < 1.29 is 18.3 Å².